The number of aryl methyl sites for hydroxylation is 2. The highest BCUT2D eigenvalue weighted by atomic mass is 16.5. The van der Waals surface area contributed by atoms with Crippen molar-refractivity contribution in [1.29, 1.82) is 0 Å². The highest BCUT2D eigenvalue weighted by Gasteiger charge is 2.46. The number of rotatable bonds is 2. The molecule has 0 bridgehead atoms. The Kier molecular flexibility index (Phi) is 4.78. The maximum atomic E-state index is 13.1. The van der Waals surface area contributed by atoms with Crippen LogP contribution in [0.2, 0.25) is 0 Å². The molecule has 0 saturated carbocycles. The molecule has 1 amide bonds. The lowest BCUT2D eigenvalue weighted by Crippen LogP contribution is -2.46. The summed E-state index contributed by atoms with van der Waals surface area (Å²) in [5.74, 6) is 2.27. The van der Waals surface area contributed by atoms with E-state index in [1.165, 1.54) is 0 Å². The number of likely N-dealkylation sites (N-methyl/N-ethyl adjacent to an activating group) is 1. The van der Waals surface area contributed by atoms with Gasteiger partial charge < -0.3 is 23.9 Å². The molecule has 2 fully saturated rings. The molecular weight excluding hydrogens is 382 g/mol. The Bertz CT molecular complexity index is 966. The highest BCUT2D eigenvalue weighted by Crippen LogP contribution is 2.40. The number of ether oxygens (including phenoxy) is 1. The van der Waals surface area contributed by atoms with Crippen LogP contribution in [-0.4, -0.2) is 78.6 Å². The van der Waals surface area contributed by atoms with Crippen molar-refractivity contribution in [3.63, 3.8) is 0 Å². The highest BCUT2D eigenvalue weighted by molar-refractivity contribution is 5.95. The summed E-state index contributed by atoms with van der Waals surface area (Å²) in [7, 11) is 2.14. The van der Waals surface area contributed by atoms with Crippen LogP contribution in [0.3, 0.4) is 0 Å². The number of hydrogen-bond donors (Lipinski definition) is 0. The lowest BCUT2D eigenvalue weighted by Gasteiger charge is -2.36. The Labute approximate surface area is 176 Å². The number of piperazine rings is 1. The summed E-state index contributed by atoms with van der Waals surface area (Å²) in [5, 5.41) is 0. The summed E-state index contributed by atoms with van der Waals surface area (Å²) in [4.78, 5) is 29.3. The Hall–Kier alpha value is -2.45. The first-order valence-corrected chi connectivity index (χ1v) is 10.7. The summed E-state index contributed by atoms with van der Waals surface area (Å²) in [6.45, 7) is 10.0. The second kappa shape index (κ2) is 7.35. The monoisotopic (exact) mass is 411 g/mol. The van der Waals surface area contributed by atoms with E-state index in [4.69, 9.17) is 14.1 Å². The lowest BCUT2D eigenvalue weighted by atomic mass is 9.80. The molecule has 8 nitrogen and oxygen atoms in total. The topological polar surface area (TPSA) is 74.9 Å². The van der Waals surface area contributed by atoms with E-state index in [2.05, 4.69) is 21.8 Å². The van der Waals surface area contributed by atoms with Gasteiger partial charge in [-0.15, -0.1) is 0 Å². The van der Waals surface area contributed by atoms with E-state index in [1.807, 2.05) is 31.0 Å². The van der Waals surface area contributed by atoms with Gasteiger partial charge in [-0.1, -0.05) is 0 Å². The molecule has 1 spiro atoms. The smallest absolute Gasteiger partial charge is 0.257 e. The minimum Gasteiger partial charge on any atom is -0.466 e. The van der Waals surface area contributed by atoms with E-state index >= 15 is 0 Å². The first-order valence-electron chi connectivity index (χ1n) is 10.7. The number of carbonyl (C=O) groups is 1. The number of nitrogens with zero attached hydrogens (tertiary/aromatic N) is 5. The van der Waals surface area contributed by atoms with Crippen molar-refractivity contribution in [2.45, 2.75) is 32.3 Å². The molecule has 5 rings (SSSR count). The van der Waals surface area contributed by atoms with Crippen LogP contribution in [0.5, 0.6) is 0 Å². The minimum absolute atomic E-state index is 0.0293. The van der Waals surface area contributed by atoms with Gasteiger partial charge in [-0.25, -0.2) is 9.97 Å². The van der Waals surface area contributed by atoms with Gasteiger partial charge in [-0.2, -0.15) is 0 Å². The van der Waals surface area contributed by atoms with E-state index in [0.29, 0.717) is 37.6 Å². The minimum atomic E-state index is -0.264. The van der Waals surface area contributed by atoms with Crippen molar-refractivity contribution in [1.82, 2.24) is 19.8 Å². The molecule has 3 aliphatic heterocycles. The molecule has 5 heterocycles. The molecule has 2 saturated heterocycles. The van der Waals surface area contributed by atoms with Crippen molar-refractivity contribution in [3.8, 4) is 0 Å². The van der Waals surface area contributed by atoms with Crippen LogP contribution in [0.25, 0.3) is 0 Å². The van der Waals surface area contributed by atoms with Gasteiger partial charge in [0, 0.05) is 51.0 Å². The molecule has 1 unspecified atom stereocenters. The van der Waals surface area contributed by atoms with Crippen LogP contribution >= 0.6 is 0 Å². The van der Waals surface area contributed by atoms with Gasteiger partial charge in [0.15, 0.2) is 0 Å². The predicted octanol–water partition coefficient (Wildman–Crippen LogP) is 1.75. The number of fused-ring (bicyclic) bond motifs is 2. The SMILES string of the molecule is Cc1cc(C(=O)N2CCC3(COCc4cnc(N5CCN(C)CC5)nc43)C2)c(C)o1. The van der Waals surface area contributed by atoms with Gasteiger partial charge in [0.25, 0.3) is 5.91 Å². The van der Waals surface area contributed by atoms with E-state index in [9.17, 15) is 4.79 Å². The fraction of sp³-hybridized carbons (Fsp3) is 0.591. The van der Waals surface area contributed by atoms with E-state index < -0.39 is 0 Å². The Balaban J connectivity index is 1.42. The molecule has 8 heteroatoms. The molecule has 160 valence electrons. The number of carbonyl (C=O) groups excluding carboxylic acids is 1. The number of aromatic nitrogens is 2. The maximum absolute atomic E-state index is 13.1. The van der Waals surface area contributed by atoms with Gasteiger partial charge in [0.05, 0.1) is 29.9 Å². The third kappa shape index (κ3) is 3.28. The summed E-state index contributed by atoms with van der Waals surface area (Å²) in [6.07, 6.45) is 2.77. The fourth-order valence-corrected chi connectivity index (χ4v) is 4.92. The second-order valence-corrected chi connectivity index (χ2v) is 8.91. The summed E-state index contributed by atoms with van der Waals surface area (Å²) in [5.41, 5.74) is 2.50. The number of anilines is 1. The molecule has 0 radical (unpaired) electrons. The third-order valence-electron chi connectivity index (χ3n) is 6.69. The molecule has 0 aromatic carbocycles. The fourth-order valence-electron chi connectivity index (χ4n) is 4.92. The van der Waals surface area contributed by atoms with Crippen LogP contribution in [-0.2, 0) is 16.8 Å². The number of likely N-dealkylation sites (tertiary alicyclic amines) is 1. The molecule has 3 aliphatic rings. The summed E-state index contributed by atoms with van der Waals surface area (Å²) >= 11 is 0. The third-order valence-corrected chi connectivity index (χ3v) is 6.69. The predicted molar refractivity (Wildman–Crippen MR) is 112 cm³/mol. The standard InChI is InChI=1S/C22H29N5O3/c1-15-10-18(16(2)30-15)20(28)27-5-4-22(13-27)14-29-12-17-11-23-21(24-19(17)22)26-8-6-25(3)7-9-26/h10-11H,4-9,12-14H2,1-3H3. The van der Waals surface area contributed by atoms with Gasteiger partial charge in [0.1, 0.15) is 11.5 Å². The maximum Gasteiger partial charge on any atom is 0.257 e. The molecule has 0 N–H and O–H groups in total. The number of amides is 1. The number of hydrogen-bond acceptors (Lipinski definition) is 7. The average Bonchev–Trinajstić information content (AvgIpc) is 3.31. The average molecular weight is 412 g/mol. The van der Waals surface area contributed by atoms with Crippen molar-refractivity contribution in [2.75, 3.05) is 57.8 Å². The van der Waals surface area contributed by atoms with Crippen molar-refractivity contribution >= 4 is 11.9 Å². The zero-order valence-corrected chi connectivity index (χ0v) is 18.0. The van der Waals surface area contributed by atoms with Gasteiger partial charge >= 0.3 is 0 Å². The van der Waals surface area contributed by atoms with Crippen molar-refractivity contribution in [3.05, 3.63) is 40.6 Å². The van der Waals surface area contributed by atoms with Gasteiger partial charge in [0.2, 0.25) is 5.95 Å². The Morgan fingerprint density at radius 3 is 2.70 bits per heavy atom. The van der Waals surface area contributed by atoms with Crippen LogP contribution in [0.1, 0.15) is 39.6 Å². The lowest BCUT2D eigenvalue weighted by molar-refractivity contribution is 0.0484. The van der Waals surface area contributed by atoms with Crippen LogP contribution in [0, 0.1) is 13.8 Å². The van der Waals surface area contributed by atoms with Gasteiger partial charge in [-0.05, 0) is 33.4 Å². The Morgan fingerprint density at radius 2 is 1.97 bits per heavy atom. The van der Waals surface area contributed by atoms with Crippen LogP contribution in [0.15, 0.2) is 16.7 Å². The number of furan rings is 1. The first kappa shape index (κ1) is 19.5. The van der Waals surface area contributed by atoms with Crippen LogP contribution in [0.4, 0.5) is 5.95 Å². The second-order valence-electron chi connectivity index (χ2n) is 8.91. The van der Waals surface area contributed by atoms with E-state index in [-0.39, 0.29) is 11.3 Å². The normalized spacial score (nSPS) is 24.5. The largest absolute Gasteiger partial charge is 0.466 e. The zero-order valence-electron chi connectivity index (χ0n) is 18.0. The summed E-state index contributed by atoms with van der Waals surface area (Å²) < 4.78 is 11.5. The molecule has 30 heavy (non-hydrogen) atoms. The molecule has 2 aromatic heterocycles. The molecule has 2 aromatic rings. The zero-order chi connectivity index (χ0) is 20.9. The van der Waals surface area contributed by atoms with E-state index in [0.717, 1.165) is 55.6 Å². The first-order chi connectivity index (χ1) is 14.4. The van der Waals surface area contributed by atoms with Crippen molar-refractivity contribution in [2.24, 2.45) is 0 Å². The molecule has 1 atom stereocenters. The molecule has 0 aliphatic carbocycles. The Morgan fingerprint density at radius 1 is 1.17 bits per heavy atom. The van der Waals surface area contributed by atoms with Crippen molar-refractivity contribution < 1.29 is 13.9 Å². The van der Waals surface area contributed by atoms with Crippen LogP contribution < -0.4 is 4.90 Å². The summed E-state index contributed by atoms with van der Waals surface area (Å²) in [6, 6.07) is 1.83. The molecular formula is C22H29N5O3. The van der Waals surface area contributed by atoms with E-state index in [1.54, 1.807) is 0 Å². The van der Waals surface area contributed by atoms with Gasteiger partial charge in [-0.3, -0.25) is 4.79 Å². The quantitative estimate of drug-likeness (QED) is 0.745.